The summed E-state index contributed by atoms with van der Waals surface area (Å²) in [7, 11) is 0. The Hall–Kier alpha value is -2.89. The Balaban J connectivity index is 1.36. The number of benzene rings is 2. The highest BCUT2D eigenvalue weighted by molar-refractivity contribution is 5.70. The molecule has 0 aliphatic carbocycles. The third-order valence-electron chi connectivity index (χ3n) is 6.43. The number of ether oxygens (including phenoxy) is 1. The molecule has 0 unspecified atom stereocenters. The van der Waals surface area contributed by atoms with Gasteiger partial charge in [0.15, 0.2) is 0 Å². The van der Waals surface area contributed by atoms with Crippen molar-refractivity contribution in [3.05, 3.63) is 77.9 Å². The highest BCUT2D eigenvalue weighted by atomic mass is 16.5. The number of rotatable bonds is 10. The van der Waals surface area contributed by atoms with Crippen LogP contribution in [0.1, 0.15) is 25.0 Å². The molecule has 1 fully saturated rings. The van der Waals surface area contributed by atoms with E-state index < -0.39 is 0 Å². The second kappa shape index (κ2) is 12.0. The molecule has 0 spiro atoms. The minimum absolute atomic E-state index is 0.457. The number of para-hydroxylation sites is 1. The summed E-state index contributed by atoms with van der Waals surface area (Å²) >= 11 is 0. The topological polar surface area (TPSA) is 54.6 Å². The Kier molecular flexibility index (Phi) is 8.56. The van der Waals surface area contributed by atoms with Crippen molar-refractivity contribution in [2.75, 3.05) is 51.6 Å². The van der Waals surface area contributed by atoms with Gasteiger partial charge in [0.2, 0.25) is 0 Å². The lowest BCUT2D eigenvalue weighted by molar-refractivity contribution is 0.134. The van der Waals surface area contributed by atoms with E-state index in [1.807, 2.05) is 18.2 Å². The maximum Gasteiger partial charge on any atom is 0.131 e. The van der Waals surface area contributed by atoms with Gasteiger partial charge in [-0.25, -0.2) is 4.98 Å². The molecule has 1 aliphatic rings. The van der Waals surface area contributed by atoms with E-state index in [4.69, 9.17) is 10.5 Å². The van der Waals surface area contributed by atoms with Crippen LogP contribution in [-0.4, -0.2) is 60.7 Å². The van der Waals surface area contributed by atoms with Gasteiger partial charge in [0, 0.05) is 44.8 Å². The molecule has 1 aliphatic heterocycles. The standard InChI is InChI=1S/C29H38N4O/c1-23(2)22-34-29-25(10-6-11-26(29)27-12-7-13-28(30)31-27)15-17-33-20-18-32(19-21-33)16-14-24-8-4-3-5-9-24/h3-13,23H,14-22H2,1-2H3,(H2,30,31). The first-order chi connectivity index (χ1) is 16.6. The molecule has 4 rings (SSSR count). The molecule has 2 aromatic carbocycles. The average molecular weight is 459 g/mol. The minimum Gasteiger partial charge on any atom is -0.492 e. The maximum absolute atomic E-state index is 6.35. The average Bonchev–Trinajstić information content (AvgIpc) is 2.86. The molecule has 2 N–H and O–H groups in total. The monoisotopic (exact) mass is 458 g/mol. The molecule has 0 radical (unpaired) electrons. The molecule has 0 bridgehead atoms. The predicted octanol–water partition coefficient (Wildman–Crippen LogP) is 4.77. The maximum atomic E-state index is 6.35. The van der Waals surface area contributed by atoms with E-state index in [0.717, 1.165) is 69.1 Å². The highest BCUT2D eigenvalue weighted by Crippen LogP contribution is 2.33. The van der Waals surface area contributed by atoms with Gasteiger partial charge in [-0.05, 0) is 48.1 Å². The molecule has 0 amide bonds. The SMILES string of the molecule is CC(C)COc1c(CCN2CCN(CCc3ccccc3)CC2)cccc1-c1cccc(N)n1. The van der Waals surface area contributed by atoms with Gasteiger partial charge in [-0.1, -0.05) is 62.4 Å². The number of anilines is 1. The van der Waals surface area contributed by atoms with Crippen LogP contribution in [0.5, 0.6) is 5.75 Å². The summed E-state index contributed by atoms with van der Waals surface area (Å²) in [5.74, 6) is 1.94. The summed E-state index contributed by atoms with van der Waals surface area (Å²) < 4.78 is 6.35. The number of pyridine rings is 1. The van der Waals surface area contributed by atoms with Gasteiger partial charge in [-0.3, -0.25) is 0 Å². The summed E-state index contributed by atoms with van der Waals surface area (Å²) in [6.07, 6.45) is 2.09. The summed E-state index contributed by atoms with van der Waals surface area (Å²) in [4.78, 5) is 9.72. The van der Waals surface area contributed by atoms with Crippen molar-refractivity contribution < 1.29 is 4.74 Å². The lowest BCUT2D eigenvalue weighted by atomic mass is 10.0. The van der Waals surface area contributed by atoms with Crippen LogP contribution in [-0.2, 0) is 12.8 Å². The van der Waals surface area contributed by atoms with Crippen molar-refractivity contribution in [1.82, 2.24) is 14.8 Å². The molecule has 180 valence electrons. The molecule has 0 saturated carbocycles. The van der Waals surface area contributed by atoms with Crippen LogP contribution in [0.3, 0.4) is 0 Å². The second-order valence-electron chi connectivity index (χ2n) is 9.62. The molecule has 0 atom stereocenters. The van der Waals surface area contributed by atoms with Crippen molar-refractivity contribution in [2.45, 2.75) is 26.7 Å². The Morgan fingerprint density at radius 2 is 1.50 bits per heavy atom. The van der Waals surface area contributed by atoms with Gasteiger partial charge in [0.25, 0.3) is 0 Å². The van der Waals surface area contributed by atoms with E-state index in [-0.39, 0.29) is 0 Å². The molecule has 34 heavy (non-hydrogen) atoms. The number of hydrogen-bond donors (Lipinski definition) is 1. The molecule has 5 heteroatoms. The van der Waals surface area contributed by atoms with Gasteiger partial charge in [-0.2, -0.15) is 0 Å². The Labute approximate surface area is 204 Å². The third-order valence-corrected chi connectivity index (χ3v) is 6.43. The Bertz CT molecular complexity index is 1030. The largest absolute Gasteiger partial charge is 0.492 e. The van der Waals surface area contributed by atoms with Crippen molar-refractivity contribution in [1.29, 1.82) is 0 Å². The molecule has 2 heterocycles. The van der Waals surface area contributed by atoms with Crippen molar-refractivity contribution in [3.63, 3.8) is 0 Å². The second-order valence-corrected chi connectivity index (χ2v) is 9.62. The lowest BCUT2D eigenvalue weighted by Crippen LogP contribution is -2.47. The smallest absolute Gasteiger partial charge is 0.131 e. The van der Waals surface area contributed by atoms with E-state index in [0.29, 0.717) is 18.3 Å². The van der Waals surface area contributed by atoms with E-state index in [1.165, 1.54) is 11.1 Å². The number of aromatic nitrogens is 1. The first kappa shape index (κ1) is 24.2. The van der Waals surface area contributed by atoms with E-state index in [9.17, 15) is 0 Å². The summed E-state index contributed by atoms with van der Waals surface area (Å²) in [5.41, 5.74) is 10.5. The van der Waals surface area contributed by atoms with Gasteiger partial charge < -0.3 is 20.3 Å². The van der Waals surface area contributed by atoms with Crippen LogP contribution < -0.4 is 10.5 Å². The van der Waals surface area contributed by atoms with Gasteiger partial charge in [-0.15, -0.1) is 0 Å². The van der Waals surface area contributed by atoms with Gasteiger partial charge in [0.1, 0.15) is 11.6 Å². The molecule has 1 aromatic heterocycles. The van der Waals surface area contributed by atoms with Crippen LogP contribution in [0.4, 0.5) is 5.82 Å². The molecule has 5 nitrogen and oxygen atoms in total. The highest BCUT2D eigenvalue weighted by Gasteiger charge is 2.19. The van der Waals surface area contributed by atoms with Crippen LogP contribution in [0.2, 0.25) is 0 Å². The zero-order chi connectivity index (χ0) is 23.8. The fourth-order valence-corrected chi connectivity index (χ4v) is 4.45. The number of nitrogens with two attached hydrogens (primary N) is 1. The van der Waals surface area contributed by atoms with Crippen molar-refractivity contribution in [3.8, 4) is 17.0 Å². The van der Waals surface area contributed by atoms with Gasteiger partial charge >= 0.3 is 0 Å². The zero-order valence-corrected chi connectivity index (χ0v) is 20.6. The van der Waals surface area contributed by atoms with Crippen molar-refractivity contribution in [2.24, 2.45) is 5.92 Å². The van der Waals surface area contributed by atoms with Crippen LogP contribution in [0.25, 0.3) is 11.3 Å². The zero-order valence-electron chi connectivity index (χ0n) is 20.6. The lowest BCUT2D eigenvalue weighted by Gasteiger charge is -2.34. The van der Waals surface area contributed by atoms with Crippen molar-refractivity contribution >= 4 is 5.82 Å². The summed E-state index contributed by atoms with van der Waals surface area (Å²) in [6.45, 7) is 11.7. The molecular weight excluding hydrogens is 420 g/mol. The number of nitrogen functional groups attached to an aromatic ring is 1. The summed E-state index contributed by atoms with van der Waals surface area (Å²) in [5, 5.41) is 0. The fourth-order valence-electron chi connectivity index (χ4n) is 4.45. The van der Waals surface area contributed by atoms with E-state index >= 15 is 0 Å². The minimum atomic E-state index is 0.457. The predicted molar refractivity (Wildman–Crippen MR) is 141 cm³/mol. The number of hydrogen-bond acceptors (Lipinski definition) is 5. The quantitative estimate of drug-likeness (QED) is 0.474. The first-order valence-corrected chi connectivity index (χ1v) is 12.5. The fraction of sp³-hybridized carbons (Fsp3) is 0.414. The molecular formula is C29H38N4O. The third kappa shape index (κ3) is 6.81. The van der Waals surface area contributed by atoms with Crippen LogP contribution in [0, 0.1) is 5.92 Å². The van der Waals surface area contributed by atoms with Crippen LogP contribution >= 0.6 is 0 Å². The normalized spacial score (nSPS) is 15.0. The van der Waals surface area contributed by atoms with E-state index in [1.54, 1.807) is 0 Å². The van der Waals surface area contributed by atoms with Gasteiger partial charge in [0.05, 0.1) is 12.3 Å². The summed E-state index contributed by atoms with van der Waals surface area (Å²) in [6, 6.07) is 23.0. The first-order valence-electron chi connectivity index (χ1n) is 12.5. The Morgan fingerprint density at radius 1 is 0.824 bits per heavy atom. The number of nitrogens with zero attached hydrogens (tertiary/aromatic N) is 3. The Morgan fingerprint density at radius 3 is 2.18 bits per heavy atom. The molecule has 1 saturated heterocycles. The van der Waals surface area contributed by atoms with E-state index in [2.05, 4.69) is 77.2 Å². The van der Waals surface area contributed by atoms with Crippen LogP contribution in [0.15, 0.2) is 66.7 Å². The number of piperazine rings is 1. The molecule has 3 aromatic rings.